The molecule has 0 amide bonds. The van der Waals surface area contributed by atoms with Crippen LogP contribution < -0.4 is 0 Å². The topological polar surface area (TPSA) is 46.5 Å². The standard InChI is InChI=1S/C20H42O3Si/c1-10-11-12-13-14-17(18(21)15(2)3)19(22)16(4)23-24(8,9)20(5,6)7/h15-18,21H,10-14H2,1-9H3/t16-,17+,18-/m0/s1. The van der Waals surface area contributed by atoms with E-state index in [4.69, 9.17) is 4.43 Å². The van der Waals surface area contributed by atoms with Crippen molar-refractivity contribution in [2.75, 3.05) is 0 Å². The molecule has 4 heteroatoms. The first-order valence-electron chi connectivity index (χ1n) is 9.74. The molecular weight excluding hydrogens is 316 g/mol. The van der Waals surface area contributed by atoms with Gasteiger partial charge in [-0.05, 0) is 37.4 Å². The van der Waals surface area contributed by atoms with Crippen LogP contribution in [-0.4, -0.2) is 31.4 Å². The number of carbonyl (C=O) groups excluding carboxylic acids is 1. The van der Waals surface area contributed by atoms with E-state index in [0.29, 0.717) is 0 Å². The van der Waals surface area contributed by atoms with E-state index in [-0.39, 0.29) is 22.7 Å². The second-order valence-electron chi connectivity index (χ2n) is 9.11. The van der Waals surface area contributed by atoms with Crippen molar-refractivity contribution in [3.8, 4) is 0 Å². The van der Waals surface area contributed by atoms with Crippen LogP contribution in [0.15, 0.2) is 0 Å². The molecule has 0 saturated carbocycles. The first-order valence-corrected chi connectivity index (χ1v) is 12.7. The summed E-state index contributed by atoms with van der Waals surface area (Å²) in [6, 6.07) is 0. The highest BCUT2D eigenvalue weighted by Crippen LogP contribution is 2.38. The Morgan fingerprint density at radius 2 is 1.62 bits per heavy atom. The van der Waals surface area contributed by atoms with Gasteiger partial charge in [-0.15, -0.1) is 0 Å². The summed E-state index contributed by atoms with van der Waals surface area (Å²) in [4.78, 5) is 13.0. The van der Waals surface area contributed by atoms with Gasteiger partial charge >= 0.3 is 0 Å². The number of Topliss-reactive ketones (excluding diaryl/α,β-unsaturated/α-hetero) is 1. The van der Waals surface area contributed by atoms with E-state index in [9.17, 15) is 9.90 Å². The third-order valence-corrected chi connectivity index (χ3v) is 10.1. The van der Waals surface area contributed by atoms with Gasteiger partial charge < -0.3 is 9.53 Å². The van der Waals surface area contributed by atoms with Crippen LogP contribution in [0.5, 0.6) is 0 Å². The third-order valence-electron chi connectivity index (χ3n) is 5.51. The smallest absolute Gasteiger partial charge is 0.193 e. The molecule has 0 saturated heterocycles. The molecule has 3 atom stereocenters. The maximum absolute atomic E-state index is 13.0. The Labute approximate surface area is 151 Å². The van der Waals surface area contributed by atoms with E-state index in [2.05, 4.69) is 40.8 Å². The van der Waals surface area contributed by atoms with Crippen molar-refractivity contribution < 1.29 is 14.3 Å². The molecule has 0 unspecified atom stereocenters. The van der Waals surface area contributed by atoms with Gasteiger partial charge in [0, 0.05) is 5.92 Å². The monoisotopic (exact) mass is 358 g/mol. The largest absolute Gasteiger partial charge is 0.407 e. The molecule has 0 bridgehead atoms. The lowest BCUT2D eigenvalue weighted by Crippen LogP contribution is -2.47. The summed E-state index contributed by atoms with van der Waals surface area (Å²) in [5.74, 6) is -0.135. The summed E-state index contributed by atoms with van der Waals surface area (Å²) in [6.07, 6.45) is 4.25. The lowest BCUT2D eigenvalue weighted by molar-refractivity contribution is -0.134. The molecule has 0 aromatic heterocycles. The Balaban J connectivity index is 5.01. The molecule has 24 heavy (non-hydrogen) atoms. The zero-order chi connectivity index (χ0) is 19.1. The highest BCUT2D eigenvalue weighted by atomic mass is 28.4. The minimum absolute atomic E-state index is 0.0782. The van der Waals surface area contributed by atoms with Crippen LogP contribution in [-0.2, 0) is 9.22 Å². The molecule has 0 aromatic carbocycles. The molecule has 0 aliphatic carbocycles. The Kier molecular flexibility index (Phi) is 10.00. The fourth-order valence-electron chi connectivity index (χ4n) is 2.72. The van der Waals surface area contributed by atoms with E-state index in [0.717, 1.165) is 19.3 Å². The quantitative estimate of drug-likeness (QED) is 0.388. The van der Waals surface area contributed by atoms with Gasteiger partial charge in [0.2, 0.25) is 0 Å². The van der Waals surface area contributed by atoms with Gasteiger partial charge in [-0.3, -0.25) is 4.79 Å². The maximum atomic E-state index is 13.0. The van der Waals surface area contributed by atoms with Crippen LogP contribution in [0.25, 0.3) is 0 Å². The normalized spacial score (nSPS) is 17.0. The van der Waals surface area contributed by atoms with E-state index in [1.807, 2.05) is 20.8 Å². The molecule has 1 N–H and O–H groups in total. The zero-order valence-corrected chi connectivity index (χ0v) is 18.6. The SMILES string of the molecule is CCCCCC[C@@H](C(=O)[C@H](C)O[Si](C)(C)C(C)(C)C)[C@@H](O)C(C)C. The van der Waals surface area contributed by atoms with Crippen LogP contribution in [0.2, 0.25) is 18.1 Å². The molecule has 0 aliphatic heterocycles. The van der Waals surface area contributed by atoms with Gasteiger partial charge in [0.15, 0.2) is 14.1 Å². The number of rotatable bonds is 11. The lowest BCUT2D eigenvalue weighted by atomic mass is 9.84. The third kappa shape index (κ3) is 7.36. The summed E-state index contributed by atoms with van der Waals surface area (Å²) >= 11 is 0. The van der Waals surface area contributed by atoms with Crippen molar-refractivity contribution in [2.45, 2.75) is 111 Å². The van der Waals surface area contributed by atoms with E-state index < -0.39 is 20.5 Å². The number of unbranched alkanes of at least 4 members (excludes halogenated alkanes) is 3. The second kappa shape index (κ2) is 10.1. The van der Waals surface area contributed by atoms with Crippen LogP contribution in [0.4, 0.5) is 0 Å². The van der Waals surface area contributed by atoms with Gasteiger partial charge in [-0.2, -0.15) is 0 Å². The van der Waals surface area contributed by atoms with Gasteiger partial charge in [0.25, 0.3) is 0 Å². The van der Waals surface area contributed by atoms with Crippen LogP contribution >= 0.6 is 0 Å². The van der Waals surface area contributed by atoms with Gasteiger partial charge in [-0.1, -0.05) is 67.2 Å². The zero-order valence-electron chi connectivity index (χ0n) is 17.6. The average molecular weight is 359 g/mol. The van der Waals surface area contributed by atoms with Gasteiger partial charge in [0.1, 0.15) is 6.10 Å². The van der Waals surface area contributed by atoms with Crippen molar-refractivity contribution in [3.05, 3.63) is 0 Å². The summed E-state index contributed by atoms with van der Waals surface area (Å²) in [7, 11) is -1.98. The van der Waals surface area contributed by atoms with E-state index in [1.54, 1.807) is 0 Å². The fourth-order valence-corrected chi connectivity index (χ4v) is 4.07. The van der Waals surface area contributed by atoms with Gasteiger partial charge in [-0.25, -0.2) is 0 Å². The summed E-state index contributed by atoms with van der Waals surface area (Å²) in [6.45, 7) is 18.9. The minimum atomic E-state index is -1.98. The van der Waals surface area contributed by atoms with Crippen LogP contribution in [0.3, 0.4) is 0 Å². The number of aliphatic hydroxyl groups is 1. The molecule has 0 radical (unpaired) electrons. The first kappa shape index (κ1) is 23.8. The molecule has 0 aliphatic rings. The van der Waals surface area contributed by atoms with E-state index >= 15 is 0 Å². The molecule has 0 heterocycles. The number of carbonyl (C=O) groups is 1. The molecule has 3 nitrogen and oxygen atoms in total. The molecule has 0 spiro atoms. The van der Waals surface area contributed by atoms with Crippen molar-refractivity contribution in [1.29, 1.82) is 0 Å². The molecule has 0 rings (SSSR count). The predicted octanol–water partition coefficient (Wildman–Crippen LogP) is 5.57. The Hall–Kier alpha value is -0.193. The van der Waals surface area contributed by atoms with Gasteiger partial charge in [0.05, 0.1) is 6.10 Å². The molecular formula is C20H42O3Si. The van der Waals surface area contributed by atoms with Crippen LogP contribution in [0, 0.1) is 11.8 Å². The summed E-state index contributed by atoms with van der Waals surface area (Å²) in [5.41, 5.74) is 0. The lowest BCUT2D eigenvalue weighted by Gasteiger charge is -2.39. The highest BCUT2D eigenvalue weighted by molar-refractivity contribution is 6.74. The molecule has 0 aromatic rings. The molecule has 144 valence electrons. The number of ketones is 1. The number of hydrogen-bond donors (Lipinski definition) is 1. The van der Waals surface area contributed by atoms with Crippen molar-refractivity contribution in [3.63, 3.8) is 0 Å². The number of aliphatic hydroxyl groups excluding tert-OH is 1. The Morgan fingerprint density at radius 3 is 2.04 bits per heavy atom. The average Bonchev–Trinajstić information content (AvgIpc) is 2.44. The molecule has 0 fully saturated rings. The maximum Gasteiger partial charge on any atom is 0.193 e. The van der Waals surface area contributed by atoms with Crippen LogP contribution in [0.1, 0.15) is 80.6 Å². The van der Waals surface area contributed by atoms with Crippen molar-refractivity contribution in [2.24, 2.45) is 11.8 Å². The second-order valence-corrected chi connectivity index (χ2v) is 13.9. The first-order chi connectivity index (χ1) is 10.8. The minimum Gasteiger partial charge on any atom is -0.407 e. The fraction of sp³-hybridized carbons (Fsp3) is 0.950. The summed E-state index contributed by atoms with van der Waals surface area (Å²) in [5, 5.41) is 10.6. The van der Waals surface area contributed by atoms with Crippen molar-refractivity contribution >= 4 is 14.1 Å². The highest BCUT2D eigenvalue weighted by Gasteiger charge is 2.41. The Bertz CT molecular complexity index is 372. The van der Waals surface area contributed by atoms with Crippen molar-refractivity contribution in [1.82, 2.24) is 0 Å². The summed E-state index contributed by atoms with van der Waals surface area (Å²) < 4.78 is 6.28. The van der Waals surface area contributed by atoms with E-state index in [1.165, 1.54) is 12.8 Å². The number of hydrogen-bond acceptors (Lipinski definition) is 3. The predicted molar refractivity (Wildman–Crippen MR) is 106 cm³/mol. The Morgan fingerprint density at radius 1 is 1.08 bits per heavy atom.